The minimum Gasteiger partial charge on any atom is -0.379 e. The van der Waals surface area contributed by atoms with E-state index in [1.165, 1.54) is 6.42 Å². The monoisotopic (exact) mass is 248 g/mol. The SMILES string of the molecule is CO[C@@H]1CCCC[C@H]1NC(=O)c1ccnc(C)c1. The van der Waals surface area contributed by atoms with E-state index in [0.717, 1.165) is 25.0 Å². The molecule has 1 N–H and O–H groups in total. The number of ether oxygens (including phenoxy) is 1. The number of rotatable bonds is 3. The van der Waals surface area contributed by atoms with E-state index < -0.39 is 0 Å². The molecule has 1 aliphatic rings. The number of nitrogens with one attached hydrogen (secondary N) is 1. The van der Waals surface area contributed by atoms with Gasteiger partial charge in [-0.15, -0.1) is 0 Å². The highest BCUT2D eigenvalue weighted by Gasteiger charge is 2.26. The van der Waals surface area contributed by atoms with Crippen molar-refractivity contribution in [3.63, 3.8) is 0 Å². The molecule has 0 unspecified atom stereocenters. The van der Waals surface area contributed by atoms with E-state index >= 15 is 0 Å². The lowest BCUT2D eigenvalue weighted by Gasteiger charge is -2.31. The third-order valence-electron chi connectivity index (χ3n) is 3.48. The number of methoxy groups -OCH3 is 1. The maximum absolute atomic E-state index is 12.1. The van der Waals surface area contributed by atoms with E-state index in [1.807, 2.05) is 6.92 Å². The number of hydrogen-bond donors (Lipinski definition) is 1. The highest BCUT2D eigenvalue weighted by atomic mass is 16.5. The van der Waals surface area contributed by atoms with Crippen molar-refractivity contribution in [2.45, 2.75) is 44.8 Å². The molecular formula is C14H20N2O2. The molecule has 98 valence electrons. The van der Waals surface area contributed by atoms with Gasteiger partial charge in [0.2, 0.25) is 0 Å². The molecule has 4 nitrogen and oxygen atoms in total. The second kappa shape index (κ2) is 5.96. The summed E-state index contributed by atoms with van der Waals surface area (Å²) in [5.74, 6) is -0.0329. The number of pyridine rings is 1. The van der Waals surface area contributed by atoms with Crippen LogP contribution < -0.4 is 5.32 Å². The van der Waals surface area contributed by atoms with Gasteiger partial charge in [0.25, 0.3) is 5.91 Å². The maximum Gasteiger partial charge on any atom is 0.251 e. The Morgan fingerprint density at radius 3 is 2.94 bits per heavy atom. The Hall–Kier alpha value is -1.42. The molecule has 0 aromatic carbocycles. The quantitative estimate of drug-likeness (QED) is 0.891. The Kier molecular flexibility index (Phi) is 4.31. The van der Waals surface area contributed by atoms with Crippen molar-refractivity contribution >= 4 is 5.91 Å². The summed E-state index contributed by atoms with van der Waals surface area (Å²) in [5, 5.41) is 3.07. The van der Waals surface area contributed by atoms with Gasteiger partial charge in [-0.3, -0.25) is 9.78 Å². The van der Waals surface area contributed by atoms with Crippen molar-refractivity contribution < 1.29 is 9.53 Å². The van der Waals surface area contributed by atoms with Gasteiger partial charge >= 0.3 is 0 Å². The summed E-state index contributed by atoms with van der Waals surface area (Å²) in [7, 11) is 1.71. The van der Waals surface area contributed by atoms with Gasteiger partial charge in [0, 0.05) is 24.6 Å². The molecule has 2 atom stereocenters. The van der Waals surface area contributed by atoms with Crippen LogP contribution in [0, 0.1) is 6.92 Å². The molecular weight excluding hydrogens is 228 g/mol. The van der Waals surface area contributed by atoms with E-state index in [2.05, 4.69) is 10.3 Å². The summed E-state index contributed by atoms with van der Waals surface area (Å²) >= 11 is 0. The summed E-state index contributed by atoms with van der Waals surface area (Å²) in [5.41, 5.74) is 1.53. The largest absolute Gasteiger partial charge is 0.379 e. The molecule has 0 spiro atoms. The molecule has 1 heterocycles. The minimum atomic E-state index is -0.0329. The van der Waals surface area contributed by atoms with Crippen LogP contribution in [-0.4, -0.2) is 30.1 Å². The molecule has 4 heteroatoms. The number of amides is 1. The lowest BCUT2D eigenvalue weighted by Crippen LogP contribution is -2.45. The summed E-state index contributed by atoms with van der Waals surface area (Å²) in [4.78, 5) is 16.2. The zero-order chi connectivity index (χ0) is 13.0. The predicted octanol–water partition coefficient (Wildman–Crippen LogP) is 2.08. The molecule has 0 bridgehead atoms. The van der Waals surface area contributed by atoms with Crippen LogP contribution in [0.5, 0.6) is 0 Å². The van der Waals surface area contributed by atoms with Crippen molar-refractivity contribution in [1.82, 2.24) is 10.3 Å². The van der Waals surface area contributed by atoms with E-state index in [4.69, 9.17) is 4.74 Å². The van der Waals surface area contributed by atoms with Crippen LogP contribution in [-0.2, 0) is 4.74 Å². The molecule has 1 aliphatic carbocycles. The number of aryl methyl sites for hydroxylation is 1. The first-order valence-electron chi connectivity index (χ1n) is 6.47. The highest BCUT2D eigenvalue weighted by Crippen LogP contribution is 2.21. The van der Waals surface area contributed by atoms with Gasteiger partial charge in [-0.2, -0.15) is 0 Å². The second-order valence-electron chi connectivity index (χ2n) is 4.82. The Morgan fingerprint density at radius 1 is 1.44 bits per heavy atom. The summed E-state index contributed by atoms with van der Waals surface area (Å²) in [6, 6.07) is 3.68. The Morgan fingerprint density at radius 2 is 2.22 bits per heavy atom. The van der Waals surface area contributed by atoms with E-state index in [1.54, 1.807) is 25.4 Å². The van der Waals surface area contributed by atoms with Crippen LogP contribution >= 0.6 is 0 Å². The summed E-state index contributed by atoms with van der Waals surface area (Å²) in [6.07, 6.45) is 6.16. The van der Waals surface area contributed by atoms with Gasteiger partial charge < -0.3 is 10.1 Å². The van der Waals surface area contributed by atoms with E-state index in [0.29, 0.717) is 5.56 Å². The van der Waals surface area contributed by atoms with Crippen LogP contribution in [0.4, 0.5) is 0 Å². The topological polar surface area (TPSA) is 51.2 Å². The molecule has 0 aliphatic heterocycles. The van der Waals surface area contributed by atoms with Gasteiger partial charge in [0.1, 0.15) is 0 Å². The first kappa shape index (κ1) is 13.0. The Balaban J connectivity index is 2.02. The minimum absolute atomic E-state index is 0.0329. The Labute approximate surface area is 108 Å². The second-order valence-corrected chi connectivity index (χ2v) is 4.82. The van der Waals surface area contributed by atoms with Gasteiger partial charge in [0.05, 0.1) is 12.1 Å². The zero-order valence-electron chi connectivity index (χ0n) is 11.0. The van der Waals surface area contributed by atoms with Crippen molar-refractivity contribution in [3.8, 4) is 0 Å². The fourth-order valence-electron chi connectivity index (χ4n) is 2.48. The van der Waals surface area contributed by atoms with E-state index in [9.17, 15) is 4.79 Å². The average molecular weight is 248 g/mol. The molecule has 1 aromatic heterocycles. The van der Waals surface area contributed by atoms with Crippen molar-refractivity contribution in [3.05, 3.63) is 29.6 Å². The van der Waals surface area contributed by atoms with E-state index in [-0.39, 0.29) is 18.1 Å². The number of carbonyl (C=O) groups excluding carboxylic acids is 1. The third kappa shape index (κ3) is 3.07. The molecule has 0 radical (unpaired) electrons. The van der Waals surface area contributed by atoms with Crippen molar-refractivity contribution in [2.75, 3.05) is 7.11 Å². The third-order valence-corrected chi connectivity index (χ3v) is 3.48. The van der Waals surface area contributed by atoms with Gasteiger partial charge in [-0.1, -0.05) is 12.8 Å². The lowest BCUT2D eigenvalue weighted by atomic mass is 9.92. The lowest BCUT2D eigenvalue weighted by molar-refractivity contribution is 0.0392. The zero-order valence-corrected chi connectivity index (χ0v) is 11.0. The van der Waals surface area contributed by atoms with Crippen LogP contribution in [0.1, 0.15) is 41.7 Å². The smallest absolute Gasteiger partial charge is 0.251 e. The average Bonchev–Trinajstić information content (AvgIpc) is 2.39. The van der Waals surface area contributed by atoms with Gasteiger partial charge in [0.15, 0.2) is 0 Å². The summed E-state index contributed by atoms with van der Waals surface area (Å²) in [6.45, 7) is 1.88. The maximum atomic E-state index is 12.1. The number of hydrogen-bond acceptors (Lipinski definition) is 3. The normalized spacial score (nSPS) is 23.7. The van der Waals surface area contributed by atoms with Crippen molar-refractivity contribution in [1.29, 1.82) is 0 Å². The highest BCUT2D eigenvalue weighted by molar-refractivity contribution is 5.94. The van der Waals surface area contributed by atoms with Gasteiger partial charge in [-0.05, 0) is 31.9 Å². The first-order valence-corrected chi connectivity index (χ1v) is 6.47. The van der Waals surface area contributed by atoms with Crippen LogP contribution in [0.2, 0.25) is 0 Å². The van der Waals surface area contributed by atoms with Crippen LogP contribution in [0.3, 0.4) is 0 Å². The summed E-state index contributed by atoms with van der Waals surface area (Å²) < 4.78 is 5.44. The molecule has 0 saturated heterocycles. The molecule has 2 rings (SSSR count). The molecule has 1 amide bonds. The number of aromatic nitrogens is 1. The van der Waals surface area contributed by atoms with Crippen LogP contribution in [0.15, 0.2) is 18.3 Å². The predicted molar refractivity (Wildman–Crippen MR) is 69.5 cm³/mol. The number of nitrogens with zero attached hydrogens (tertiary/aromatic N) is 1. The van der Waals surface area contributed by atoms with Crippen LogP contribution in [0.25, 0.3) is 0 Å². The van der Waals surface area contributed by atoms with Crippen molar-refractivity contribution in [2.24, 2.45) is 0 Å². The van der Waals surface area contributed by atoms with Gasteiger partial charge in [-0.25, -0.2) is 0 Å². The molecule has 1 fully saturated rings. The first-order chi connectivity index (χ1) is 8.70. The standard InChI is InChI=1S/C14H20N2O2/c1-10-9-11(7-8-15-10)14(17)16-12-5-3-4-6-13(12)18-2/h7-9,12-13H,3-6H2,1-2H3,(H,16,17)/t12-,13-/m1/s1. The fourth-order valence-corrected chi connectivity index (χ4v) is 2.48. The molecule has 1 saturated carbocycles. The number of carbonyl (C=O) groups is 1. The fraction of sp³-hybridized carbons (Fsp3) is 0.571. The Bertz CT molecular complexity index is 420. The molecule has 1 aromatic rings. The molecule has 18 heavy (non-hydrogen) atoms.